The number of amidine groups is 1. The van der Waals surface area contributed by atoms with Crippen LogP contribution >= 0.6 is 11.8 Å². The molecule has 0 spiro atoms. The van der Waals surface area contributed by atoms with Crippen molar-refractivity contribution < 1.29 is 28.5 Å². The van der Waals surface area contributed by atoms with Gasteiger partial charge in [-0.25, -0.2) is 9.79 Å². The lowest BCUT2D eigenvalue weighted by molar-refractivity contribution is -0.143. The molecule has 10 heteroatoms. The lowest BCUT2D eigenvalue weighted by atomic mass is 9.92. The second kappa shape index (κ2) is 10.7. The number of carbonyl (C=O) groups excluding carboxylic acids is 2. The minimum atomic E-state index is -0.600. The molecule has 0 saturated carbocycles. The van der Waals surface area contributed by atoms with Gasteiger partial charge in [0.2, 0.25) is 5.91 Å². The molecule has 0 radical (unpaired) electrons. The molecule has 0 aromatic heterocycles. The maximum Gasteiger partial charge on any atom is 0.338 e. The summed E-state index contributed by atoms with van der Waals surface area (Å²) in [4.78, 5) is 35.0. The summed E-state index contributed by atoms with van der Waals surface area (Å²) < 4.78 is 22.3. The highest BCUT2D eigenvalue weighted by molar-refractivity contribution is 8.16. The highest BCUT2D eigenvalue weighted by atomic mass is 32.2. The zero-order valence-corrected chi connectivity index (χ0v) is 21.5. The van der Waals surface area contributed by atoms with Crippen molar-refractivity contribution in [1.82, 2.24) is 9.80 Å². The molecular weight excluding hydrogens is 470 g/mol. The highest BCUT2D eigenvalue weighted by Crippen LogP contribution is 2.48. The van der Waals surface area contributed by atoms with Gasteiger partial charge in [0.25, 0.3) is 0 Å². The third kappa shape index (κ3) is 5.04. The van der Waals surface area contributed by atoms with Gasteiger partial charge in [-0.1, -0.05) is 23.9 Å². The molecular formula is C25H31N3O6S. The molecule has 35 heavy (non-hydrogen) atoms. The minimum absolute atomic E-state index is 0.00957. The number of allylic oxidation sites excluding steroid dienone is 1. The topological polar surface area (TPSA) is 89.9 Å². The number of fused-ring (bicyclic) bond motifs is 1. The number of aliphatic imine (C=N–C) groups is 1. The predicted octanol–water partition coefficient (Wildman–Crippen LogP) is 3.48. The number of thioether (sulfide) groups is 1. The Morgan fingerprint density at radius 1 is 1.20 bits per heavy atom. The summed E-state index contributed by atoms with van der Waals surface area (Å²) in [5, 5.41) is 2.63. The van der Waals surface area contributed by atoms with Crippen molar-refractivity contribution in [2.75, 3.05) is 40.5 Å². The first-order valence-corrected chi connectivity index (χ1v) is 12.5. The lowest BCUT2D eigenvalue weighted by Gasteiger charge is -2.37. The Hall–Kier alpha value is -2.98. The molecule has 1 unspecified atom stereocenters. The molecule has 1 atom stereocenters. The van der Waals surface area contributed by atoms with Crippen molar-refractivity contribution in [3.63, 3.8) is 0 Å². The molecule has 188 valence electrons. The predicted molar refractivity (Wildman–Crippen MR) is 133 cm³/mol. The van der Waals surface area contributed by atoms with E-state index in [4.69, 9.17) is 23.9 Å². The van der Waals surface area contributed by atoms with Gasteiger partial charge >= 0.3 is 5.97 Å². The fraction of sp³-hybridized carbons (Fsp3) is 0.480. The monoisotopic (exact) mass is 501 g/mol. The molecule has 3 aliphatic heterocycles. The Balaban J connectivity index is 1.78. The van der Waals surface area contributed by atoms with E-state index in [1.807, 2.05) is 41.2 Å². The van der Waals surface area contributed by atoms with Crippen LogP contribution in [0, 0.1) is 0 Å². The minimum Gasteiger partial charge on any atom is -0.493 e. The number of amides is 1. The van der Waals surface area contributed by atoms with E-state index in [2.05, 4.69) is 0 Å². The largest absolute Gasteiger partial charge is 0.493 e. The van der Waals surface area contributed by atoms with E-state index in [-0.39, 0.29) is 18.4 Å². The Kier molecular flexibility index (Phi) is 7.71. The number of para-hydroxylation sites is 1. The van der Waals surface area contributed by atoms with Gasteiger partial charge < -0.3 is 28.7 Å². The number of hydrogen-bond acceptors (Lipinski definition) is 9. The molecule has 1 aromatic carbocycles. The van der Waals surface area contributed by atoms with Crippen LogP contribution in [0.1, 0.15) is 38.8 Å². The van der Waals surface area contributed by atoms with Crippen molar-refractivity contribution in [1.29, 1.82) is 0 Å². The number of methoxy groups -OCH3 is 2. The number of nitrogens with zero attached hydrogens (tertiary/aromatic N) is 3. The van der Waals surface area contributed by atoms with Gasteiger partial charge in [0.05, 0.1) is 57.3 Å². The lowest BCUT2D eigenvalue weighted by Crippen LogP contribution is -2.42. The zero-order valence-electron chi connectivity index (χ0n) is 20.7. The van der Waals surface area contributed by atoms with Crippen molar-refractivity contribution in [2.45, 2.75) is 39.3 Å². The smallest absolute Gasteiger partial charge is 0.338 e. The van der Waals surface area contributed by atoms with E-state index in [1.165, 1.54) is 11.8 Å². The van der Waals surface area contributed by atoms with Gasteiger partial charge in [0.15, 0.2) is 16.7 Å². The van der Waals surface area contributed by atoms with Gasteiger partial charge in [0.1, 0.15) is 0 Å². The van der Waals surface area contributed by atoms with Gasteiger partial charge in [-0.05, 0) is 32.2 Å². The second-order valence-corrected chi connectivity index (χ2v) is 9.44. The molecule has 3 aliphatic rings. The number of ether oxygens (including phenoxy) is 4. The molecule has 3 heterocycles. The van der Waals surface area contributed by atoms with Crippen molar-refractivity contribution >= 4 is 28.8 Å². The first-order chi connectivity index (χ1) is 16.8. The summed E-state index contributed by atoms with van der Waals surface area (Å²) >= 11 is 1.44. The quantitative estimate of drug-likeness (QED) is 0.525. The summed E-state index contributed by atoms with van der Waals surface area (Å²) in [6.07, 6.45) is -0.118. The number of rotatable bonds is 7. The van der Waals surface area contributed by atoms with Crippen LogP contribution in [-0.2, 0) is 19.1 Å². The SMILES string of the molecule is COc1cccc(C2C(C(=O)OC(C)C)=C(C)N=C3SC=C(CC(=O)N4CCOCC4)N32)c1OC. The normalized spacial score (nSPS) is 19.9. The molecule has 1 fully saturated rings. The maximum atomic E-state index is 13.4. The van der Waals surface area contributed by atoms with Crippen LogP contribution in [0.5, 0.6) is 11.5 Å². The van der Waals surface area contributed by atoms with E-state index in [1.54, 1.807) is 27.2 Å². The van der Waals surface area contributed by atoms with Crippen LogP contribution in [-0.4, -0.2) is 73.5 Å². The number of morpholine rings is 1. The molecule has 1 saturated heterocycles. The van der Waals surface area contributed by atoms with Gasteiger partial charge in [-0.2, -0.15) is 0 Å². The van der Waals surface area contributed by atoms with Crippen LogP contribution in [0.4, 0.5) is 0 Å². The Morgan fingerprint density at radius 2 is 1.94 bits per heavy atom. The molecule has 0 aliphatic carbocycles. The van der Waals surface area contributed by atoms with E-state index in [9.17, 15) is 9.59 Å². The number of benzene rings is 1. The van der Waals surface area contributed by atoms with Crippen molar-refractivity contribution in [3.05, 3.63) is 46.1 Å². The molecule has 0 N–H and O–H groups in total. The summed E-state index contributed by atoms with van der Waals surface area (Å²) in [6.45, 7) is 7.63. The van der Waals surface area contributed by atoms with Gasteiger partial charge in [-0.15, -0.1) is 0 Å². The summed E-state index contributed by atoms with van der Waals surface area (Å²) in [6, 6.07) is 4.96. The molecule has 1 amide bonds. The number of carbonyl (C=O) groups is 2. The van der Waals surface area contributed by atoms with Crippen LogP contribution in [0.2, 0.25) is 0 Å². The second-order valence-electron chi connectivity index (χ2n) is 8.60. The van der Waals surface area contributed by atoms with E-state index in [0.717, 1.165) is 11.3 Å². The van der Waals surface area contributed by atoms with Crippen LogP contribution < -0.4 is 9.47 Å². The maximum absolute atomic E-state index is 13.4. The zero-order chi connectivity index (χ0) is 25.1. The van der Waals surface area contributed by atoms with E-state index >= 15 is 0 Å². The van der Waals surface area contributed by atoms with Crippen LogP contribution in [0.3, 0.4) is 0 Å². The van der Waals surface area contributed by atoms with Crippen LogP contribution in [0.15, 0.2) is 45.6 Å². The number of hydrogen-bond donors (Lipinski definition) is 0. The van der Waals surface area contributed by atoms with Gasteiger partial charge in [0, 0.05) is 24.4 Å². The van der Waals surface area contributed by atoms with Crippen LogP contribution in [0.25, 0.3) is 0 Å². The van der Waals surface area contributed by atoms with Gasteiger partial charge in [-0.3, -0.25) is 4.79 Å². The molecule has 4 rings (SSSR count). The first-order valence-electron chi connectivity index (χ1n) is 11.6. The summed E-state index contributed by atoms with van der Waals surface area (Å²) in [5.74, 6) is 0.617. The highest BCUT2D eigenvalue weighted by Gasteiger charge is 2.43. The average Bonchev–Trinajstić information content (AvgIpc) is 3.24. The number of esters is 1. The fourth-order valence-electron chi connectivity index (χ4n) is 4.41. The third-order valence-corrected chi connectivity index (χ3v) is 6.88. The summed E-state index contributed by atoms with van der Waals surface area (Å²) in [5.41, 5.74) is 2.46. The van der Waals surface area contributed by atoms with E-state index in [0.29, 0.717) is 54.2 Å². The molecule has 1 aromatic rings. The first kappa shape index (κ1) is 25.1. The average molecular weight is 502 g/mol. The third-order valence-electron chi connectivity index (χ3n) is 5.99. The Bertz CT molecular complexity index is 1090. The molecule has 0 bridgehead atoms. The fourth-order valence-corrected chi connectivity index (χ4v) is 5.37. The molecule has 9 nitrogen and oxygen atoms in total. The van der Waals surface area contributed by atoms with Crippen molar-refractivity contribution in [2.24, 2.45) is 4.99 Å². The standard InChI is InChI=1S/C25H31N3O6S/c1-15(2)34-24(30)21-16(3)26-25-28(22(21)18-7-6-8-19(31-4)23(18)32-5)17(14-35-25)13-20(29)27-9-11-33-12-10-27/h6-8,14-15,22H,9-13H2,1-5H3. The van der Waals surface area contributed by atoms with E-state index < -0.39 is 12.0 Å². The Morgan fingerprint density at radius 3 is 2.60 bits per heavy atom. The Labute approximate surface area is 209 Å². The van der Waals surface area contributed by atoms with Crippen molar-refractivity contribution in [3.8, 4) is 11.5 Å². The summed E-state index contributed by atoms with van der Waals surface area (Å²) in [7, 11) is 3.14.